The van der Waals surface area contributed by atoms with E-state index in [4.69, 9.17) is 9.47 Å². The van der Waals surface area contributed by atoms with Crippen LogP contribution in [-0.2, 0) is 9.53 Å². The molecule has 0 spiro atoms. The largest absolute Gasteiger partial charge is 0.450 e. The summed E-state index contributed by atoms with van der Waals surface area (Å²) in [6.07, 6.45) is 1.50. The zero-order valence-corrected chi connectivity index (χ0v) is 17.1. The van der Waals surface area contributed by atoms with Gasteiger partial charge in [-0.1, -0.05) is 29.8 Å². The SMILES string of the molecule is Cc1ccc(C2=NC(=Cc3cccc(Oc4ccc([N+](=O)[O-])cc4[N+](=O)[O-])c3)C(=O)O2)cc1. The lowest BCUT2D eigenvalue weighted by Crippen LogP contribution is -2.05. The number of hydrogen-bond donors (Lipinski definition) is 0. The van der Waals surface area contributed by atoms with E-state index in [1.54, 1.807) is 36.4 Å². The molecular formula is C23H15N3O7. The first kappa shape index (κ1) is 21.4. The second kappa shape index (κ2) is 8.71. The number of carbonyl (C=O) groups excluding carboxylic acids is 1. The Morgan fingerprint density at radius 1 is 0.970 bits per heavy atom. The molecule has 3 aromatic rings. The molecule has 1 aliphatic rings. The van der Waals surface area contributed by atoms with Crippen molar-refractivity contribution in [1.82, 2.24) is 0 Å². The highest BCUT2D eigenvalue weighted by Crippen LogP contribution is 2.34. The molecule has 4 rings (SSSR count). The van der Waals surface area contributed by atoms with Crippen molar-refractivity contribution in [1.29, 1.82) is 0 Å². The molecule has 0 N–H and O–H groups in total. The third-order valence-electron chi connectivity index (χ3n) is 4.66. The average molecular weight is 445 g/mol. The zero-order valence-electron chi connectivity index (χ0n) is 17.1. The number of rotatable bonds is 6. The molecular weight excluding hydrogens is 430 g/mol. The van der Waals surface area contributed by atoms with Gasteiger partial charge in [0.2, 0.25) is 11.6 Å². The summed E-state index contributed by atoms with van der Waals surface area (Å²) in [5, 5.41) is 22.2. The lowest BCUT2D eigenvalue weighted by Gasteiger charge is -2.07. The third-order valence-corrected chi connectivity index (χ3v) is 4.66. The molecule has 1 heterocycles. The second-order valence-electron chi connectivity index (χ2n) is 7.04. The predicted molar refractivity (Wildman–Crippen MR) is 118 cm³/mol. The summed E-state index contributed by atoms with van der Waals surface area (Å²) in [5.74, 6) is -0.339. The number of non-ortho nitro benzene ring substituents is 1. The summed E-state index contributed by atoms with van der Waals surface area (Å²) in [5.41, 5.74) is 1.39. The maximum atomic E-state index is 12.2. The van der Waals surface area contributed by atoms with Crippen LogP contribution in [0.1, 0.15) is 16.7 Å². The van der Waals surface area contributed by atoms with E-state index in [0.717, 1.165) is 23.8 Å². The number of aliphatic imine (C=N–C) groups is 1. The Kier molecular flexibility index (Phi) is 5.64. The van der Waals surface area contributed by atoms with Gasteiger partial charge in [0, 0.05) is 11.6 Å². The fraction of sp³-hybridized carbons (Fsp3) is 0.0435. The van der Waals surface area contributed by atoms with Crippen LogP contribution in [0.3, 0.4) is 0 Å². The van der Waals surface area contributed by atoms with Gasteiger partial charge in [-0.25, -0.2) is 9.79 Å². The van der Waals surface area contributed by atoms with Crippen molar-refractivity contribution < 1.29 is 24.1 Å². The monoisotopic (exact) mass is 445 g/mol. The number of esters is 1. The first-order chi connectivity index (χ1) is 15.8. The van der Waals surface area contributed by atoms with Crippen molar-refractivity contribution in [2.75, 3.05) is 0 Å². The highest BCUT2D eigenvalue weighted by atomic mass is 16.6. The number of aryl methyl sites for hydroxylation is 1. The highest BCUT2D eigenvalue weighted by molar-refractivity contribution is 6.12. The second-order valence-corrected chi connectivity index (χ2v) is 7.04. The maximum Gasteiger partial charge on any atom is 0.363 e. The topological polar surface area (TPSA) is 134 Å². The molecule has 0 unspecified atom stereocenters. The first-order valence-electron chi connectivity index (χ1n) is 9.60. The Bertz CT molecular complexity index is 1340. The molecule has 10 nitrogen and oxygen atoms in total. The van der Waals surface area contributed by atoms with Crippen LogP contribution in [0.25, 0.3) is 6.08 Å². The van der Waals surface area contributed by atoms with Gasteiger partial charge in [-0.2, -0.15) is 0 Å². The predicted octanol–water partition coefficient (Wildman–Crippen LogP) is 4.95. The Balaban J connectivity index is 1.61. The van der Waals surface area contributed by atoms with E-state index in [2.05, 4.69) is 4.99 Å². The van der Waals surface area contributed by atoms with Gasteiger partial charge in [0.05, 0.1) is 15.9 Å². The molecule has 33 heavy (non-hydrogen) atoms. The molecule has 0 bridgehead atoms. The summed E-state index contributed by atoms with van der Waals surface area (Å²) in [6.45, 7) is 1.94. The fourth-order valence-corrected chi connectivity index (χ4v) is 3.03. The van der Waals surface area contributed by atoms with Crippen molar-refractivity contribution >= 4 is 29.3 Å². The van der Waals surface area contributed by atoms with E-state index in [1.165, 1.54) is 6.08 Å². The summed E-state index contributed by atoms with van der Waals surface area (Å²) in [4.78, 5) is 37.2. The van der Waals surface area contributed by atoms with Crippen LogP contribution in [0.15, 0.2) is 77.4 Å². The van der Waals surface area contributed by atoms with E-state index in [1.807, 2.05) is 19.1 Å². The average Bonchev–Trinajstić information content (AvgIpc) is 3.14. The Hall–Kier alpha value is -4.86. The lowest BCUT2D eigenvalue weighted by molar-refractivity contribution is -0.394. The standard InChI is InChI=1S/C23H15N3O7/c1-14-5-7-16(8-6-14)22-24-19(23(27)33-22)12-15-3-2-4-18(11-15)32-21-10-9-17(25(28)29)13-20(21)26(30)31/h2-13H,1H3. The Morgan fingerprint density at radius 3 is 2.42 bits per heavy atom. The molecule has 0 saturated heterocycles. The van der Waals surface area contributed by atoms with Crippen LogP contribution < -0.4 is 4.74 Å². The van der Waals surface area contributed by atoms with Crippen molar-refractivity contribution in [2.45, 2.75) is 6.92 Å². The van der Waals surface area contributed by atoms with Crippen LogP contribution in [0, 0.1) is 27.2 Å². The number of carbonyl (C=O) groups is 1. The van der Waals surface area contributed by atoms with Crippen LogP contribution in [0.2, 0.25) is 0 Å². The number of nitro benzene ring substituents is 2. The van der Waals surface area contributed by atoms with Gasteiger partial charge in [0.1, 0.15) is 5.75 Å². The normalized spacial score (nSPS) is 14.0. The molecule has 0 radical (unpaired) electrons. The molecule has 3 aromatic carbocycles. The minimum atomic E-state index is -0.760. The quantitative estimate of drug-likeness (QED) is 0.227. The number of hydrogen-bond acceptors (Lipinski definition) is 8. The van der Waals surface area contributed by atoms with Crippen molar-refractivity contribution in [3.05, 3.63) is 109 Å². The molecule has 0 aromatic heterocycles. The minimum Gasteiger partial charge on any atom is -0.450 e. The number of benzene rings is 3. The fourth-order valence-electron chi connectivity index (χ4n) is 3.03. The van der Waals surface area contributed by atoms with Crippen molar-refractivity contribution in [3.63, 3.8) is 0 Å². The molecule has 10 heteroatoms. The number of cyclic esters (lactones) is 1. The van der Waals surface area contributed by atoms with Gasteiger partial charge in [0.25, 0.3) is 5.69 Å². The van der Waals surface area contributed by atoms with E-state index in [-0.39, 0.29) is 23.1 Å². The molecule has 0 atom stereocenters. The lowest BCUT2D eigenvalue weighted by atomic mass is 10.1. The molecule has 0 saturated carbocycles. The van der Waals surface area contributed by atoms with Gasteiger partial charge < -0.3 is 9.47 Å². The van der Waals surface area contributed by atoms with E-state index in [0.29, 0.717) is 11.1 Å². The Morgan fingerprint density at radius 2 is 1.73 bits per heavy atom. The van der Waals surface area contributed by atoms with E-state index in [9.17, 15) is 25.0 Å². The summed E-state index contributed by atoms with van der Waals surface area (Å²) >= 11 is 0. The maximum absolute atomic E-state index is 12.2. The molecule has 1 aliphatic heterocycles. The molecule has 0 fully saturated rings. The summed E-state index contributed by atoms with van der Waals surface area (Å²) in [6, 6.07) is 16.9. The van der Waals surface area contributed by atoms with Gasteiger partial charge in [-0.15, -0.1) is 0 Å². The Labute approximate surface area is 186 Å². The molecule has 0 aliphatic carbocycles. The third kappa shape index (κ3) is 4.74. The van der Waals surface area contributed by atoms with Crippen molar-refractivity contribution in [3.8, 4) is 11.5 Å². The number of nitro groups is 2. The highest BCUT2D eigenvalue weighted by Gasteiger charge is 2.24. The van der Waals surface area contributed by atoms with Gasteiger partial charge in [-0.05, 0) is 48.9 Å². The summed E-state index contributed by atoms with van der Waals surface area (Å²) < 4.78 is 10.8. The van der Waals surface area contributed by atoms with Gasteiger partial charge in [-0.3, -0.25) is 20.2 Å². The first-order valence-corrected chi connectivity index (χ1v) is 9.60. The van der Waals surface area contributed by atoms with Crippen LogP contribution in [0.4, 0.5) is 11.4 Å². The van der Waals surface area contributed by atoms with Crippen LogP contribution in [-0.4, -0.2) is 21.7 Å². The van der Waals surface area contributed by atoms with Crippen LogP contribution in [0.5, 0.6) is 11.5 Å². The number of ether oxygens (including phenoxy) is 2. The van der Waals surface area contributed by atoms with Crippen LogP contribution >= 0.6 is 0 Å². The minimum absolute atomic E-state index is 0.0871. The van der Waals surface area contributed by atoms with Crippen molar-refractivity contribution in [2.24, 2.45) is 4.99 Å². The number of nitrogens with zero attached hydrogens (tertiary/aromatic N) is 3. The zero-order chi connectivity index (χ0) is 23.5. The molecule has 164 valence electrons. The smallest absolute Gasteiger partial charge is 0.363 e. The summed E-state index contributed by atoms with van der Waals surface area (Å²) in [7, 11) is 0. The van der Waals surface area contributed by atoms with E-state index >= 15 is 0 Å². The molecule has 0 amide bonds. The van der Waals surface area contributed by atoms with Gasteiger partial charge in [0.15, 0.2) is 5.70 Å². The van der Waals surface area contributed by atoms with E-state index < -0.39 is 27.2 Å². The van der Waals surface area contributed by atoms with Gasteiger partial charge >= 0.3 is 11.7 Å².